The van der Waals surface area contributed by atoms with Crippen LogP contribution in [-0.2, 0) is 0 Å². The number of piperidine rings is 1. The molecule has 1 saturated heterocycles. The topological polar surface area (TPSA) is 84.4 Å². The number of nitrogens with zero attached hydrogens (tertiary/aromatic N) is 4. The van der Waals surface area contributed by atoms with Crippen LogP contribution in [0.1, 0.15) is 30.5 Å². The Bertz CT molecular complexity index is 1570. The lowest BCUT2D eigenvalue weighted by Crippen LogP contribution is -2.29. The minimum Gasteiger partial charge on any atom is -0.372 e. The number of hydrogen-bond donors (Lipinski definition) is 2. The fraction of sp³-hybridized carbons (Fsp3) is 0.222. The van der Waals surface area contributed by atoms with Gasteiger partial charge in [-0.3, -0.25) is 5.10 Å². The van der Waals surface area contributed by atoms with E-state index in [1.54, 1.807) is 12.3 Å². The van der Waals surface area contributed by atoms with Gasteiger partial charge in [-0.1, -0.05) is 12.1 Å². The summed E-state index contributed by atoms with van der Waals surface area (Å²) in [5, 5.41) is 19.3. The molecule has 168 valence electrons. The quantitative estimate of drug-likeness (QED) is 0.349. The molecule has 4 heterocycles. The molecule has 0 spiro atoms. The van der Waals surface area contributed by atoms with E-state index in [0.717, 1.165) is 40.7 Å². The molecule has 2 N–H and O–H groups in total. The Labute approximate surface area is 196 Å². The second-order valence-corrected chi connectivity index (χ2v) is 8.86. The van der Waals surface area contributed by atoms with Gasteiger partial charge in [0.25, 0.3) is 0 Å². The van der Waals surface area contributed by atoms with Crippen LogP contribution in [0.2, 0.25) is 0 Å². The van der Waals surface area contributed by atoms with Crippen LogP contribution in [0.25, 0.3) is 44.3 Å². The zero-order valence-electron chi connectivity index (χ0n) is 18.8. The summed E-state index contributed by atoms with van der Waals surface area (Å²) >= 11 is 0. The van der Waals surface area contributed by atoms with Crippen LogP contribution in [0.5, 0.6) is 0 Å². The number of hydrogen-bond acceptors (Lipinski definition) is 4. The van der Waals surface area contributed by atoms with Gasteiger partial charge < -0.3 is 9.88 Å². The summed E-state index contributed by atoms with van der Waals surface area (Å²) in [5.74, 6) is -0.433. The predicted molar refractivity (Wildman–Crippen MR) is 132 cm³/mol. The maximum atomic E-state index is 15.2. The highest BCUT2D eigenvalue weighted by Crippen LogP contribution is 2.39. The van der Waals surface area contributed by atoms with Crippen molar-refractivity contribution in [2.75, 3.05) is 18.0 Å². The lowest BCUT2D eigenvalue weighted by atomic mass is 9.92. The van der Waals surface area contributed by atoms with E-state index in [1.807, 2.05) is 25.1 Å². The first kappa shape index (κ1) is 20.4. The number of fused-ring (bicyclic) bond motifs is 2. The minimum absolute atomic E-state index is 0.289. The molecule has 1 aliphatic heterocycles. The van der Waals surface area contributed by atoms with Crippen LogP contribution < -0.4 is 4.90 Å². The Balaban J connectivity index is 1.57. The highest BCUT2D eigenvalue weighted by atomic mass is 19.1. The molecule has 1 aliphatic rings. The molecule has 0 amide bonds. The summed E-state index contributed by atoms with van der Waals surface area (Å²) in [4.78, 5) is 10.1. The number of halogens is 1. The zero-order valence-corrected chi connectivity index (χ0v) is 18.8. The number of aromatic amines is 2. The van der Waals surface area contributed by atoms with Gasteiger partial charge in [-0.05, 0) is 62.1 Å². The Hall–Kier alpha value is -4.18. The van der Waals surface area contributed by atoms with Crippen LogP contribution in [0.4, 0.5) is 10.1 Å². The van der Waals surface area contributed by atoms with Crippen LogP contribution >= 0.6 is 0 Å². The maximum absolute atomic E-state index is 15.2. The smallest absolute Gasteiger partial charge is 0.182 e. The van der Waals surface area contributed by atoms with Crippen LogP contribution in [0.3, 0.4) is 0 Å². The van der Waals surface area contributed by atoms with Crippen molar-refractivity contribution >= 4 is 27.6 Å². The number of benzene rings is 2. The Morgan fingerprint density at radius 2 is 1.85 bits per heavy atom. The molecule has 0 aliphatic carbocycles. The fourth-order valence-electron chi connectivity index (χ4n) is 5.04. The molecule has 34 heavy (non-hydrogen) atoms. The van der Waals surface area contributed by atoms with Crippen molar-refractivity contribution in [1.82, 2.24) is 20.2 Å². The number of pyridine rings is 1. The summed E-state index contributed by atoms with van der Waals surface area (Å²) in [5.41, 5.74) is 5.72. The monoisotopic (exact) mass is 450 g/mol. The van der Waals surface area contributed by atoms with Crippen molar-refractivity contribution in [3.8, 4) is 28.5 Å². The number of nitrogens with one attached hydrogen (secondary N) is 2. The van der Waals surface area contributed by atoms with Gasteiger partial charge in [0, 0.05) is 52.7 Å². The summed E-state index contributed by atoms with van der Waals surface area (Å²) in [6.07, 6.45) is 5.46. The van der Waals surface area contributed by atoms with Gasteiger partial charge in [0.15, 0.2) is 5.65 Å². The number of nitriles is 1. The standard InChI is InChI=1S/C27H23FN6/c1-16-24-25(17-5-7-19(8-6-17)34-11-3-2-4-12-34)21(15-29)26(31-27(24)33-32-16)20-13-18-9-10-30-23(18)14-22(20)28/h5-10,13-14,30H,2-4,11-12H2,1H3,(H,31,32,33). The van der Waals surface area contributed by atoms with E-state index in [0.29, 0.717) is 22.4 Å². The van der Waals surface area contributed by atoms with E-state index in [9.17, 15) is 5.26 Å². The Kier molecular flexibility index (Phi) is 4.80. The third-order valence-electron chi connectivity index (χ3n) is 6.77. The van der Waals surface area contributed by atoms with Gasteiger partial charge in [0.2, 0.25) is 0 Å². The number of aryl methyl sites for hydroxylation is 1. The molecular weight excluding hydrogens is 427 g/mol. The van der Waals surface area contributed by atoms with Crippen LogP contribution in [0, 0.1) is 24.1 Å². The summed E-state index contributed by atoms with van der Waals surface area (Å²) in [6, 6.07) is 15.7. The molecule has 1 fully saturated rings. The minimum atomic E-state index is -0.433. The van der Waals surface area contributed by atoms with E-state index >= 15 is 4.39 Å². The van der Waals surface area contributed by atoms with E-state index < -0.39 is 5.82 Å². The molecule has 6 nitrogen and oxygen atoms in total. The van der Waals surface area contributed by atoms with Crippen molar-refractivity contribution in [3.05, 3.63) is 65.7 Å². The Morgan fingerprint density at radius 3 is 2.62 bits per heavy atom. The third kappa shape index (κ3) is 3.22. The largest absolute Gasteiger partial charge is 0.372 e. The maximum Gasteiger partial charge on any atom is 0.182 e. The van der Waals surface area contributed by atoms with E-state index in [2.05, 4.69) is 43.3 Å². The molecule has 5 aromatic rings. The third-order valence-corrected chi connectivity index (χ3v) is 6.77. The number of rotatable bonds is 3. The zero-order chi connectivity index (χ0) is 23.2. The van der Waals surface area contributed by atoms with Gasteiger partial charge in [0.05, 0.1) is 16.6 Å². The molecule has 7 heteroatoms. The highest BCUT2D eigenvalue weighted by Gasteiger charge is 2.23. The van der Waals surface area contributed by atoms with Gasteiger partial charge in [-0.2, -0.15) is 10.4 Å². The van der Waals surface area contributed by atoms with Gasteiger partial charge in [0.1, 0.15) is 11.9 Å². The fourth-order valence-corrected chi connectivity index (χ4v) is 5.04. The van der Waals surface area contributed by atoms with Crippen molar-refractivity contribution < 1.29 is 4.39 Å². The Morgan fingerprint density at radius 1 is 1.06 bits per heavy atom. The molecule has 6 rings (SSSR count). The van der Waals surface area contributed by atoms with Crippen molar-refractivity contribution in [2.45, 2.75) is 26.2 Å². The number of anilines is 1. The van der Waals surface area contributed by atoms with Crippen LogP contribution in [0.15, 0.2) is 48.7 Å². The molecule has 0 atom stereocenters. The van der Waals surface area contributed by atoms with Gasteiger partial charge in [-0.15, -0.1) is 0 Å². The molecule has 0 saturated carbocycles. The molecule has 0 radical (unpaired) electrons. The van der Waals surface area contributed by atoms with E-state index in [-0.39, 0.29) is 5.56 Å². The number of H-pyrrole nitrogens is 2. The van der Waals surface area contributed by atoms with Crippen LogP contribution in [-0.4, -0.2) is 33.3 Å². The first-order chi connectivity index (χ1) is 16.6. The lowest BCUT2D eigenvalue weighted by molar-refractivity contribution is 0.578. The van der Waals surface area contributed by atoms with Crippen molar-refractivity contribution in [1.29, 1.82) is 5.26 Å². The molecule has 0 unspecified atom stereocenters. The molecule has 3 aromatic heterocycles. The van der Waals surface area contributed by atoms with Gasteiger partial charge in [-0.25, -0.2) is 9.37 Å². The number of aromatic nitrogens is 4. The highest BCUT2D eigenvalue weighted by molar-refractivity contribution is 6.01. The molecular formula is C27H23FN6. The van der Waals surface area contributed by atoms with E-state index in [4.69, 9.17) is 0 Å². The predicted octanol–water partition coefficient (Wildman–Crippen LogP) is 6.08. The van der Waals surface area contributed by atoms with Gasteiger partial charge >= 0.3 is 0 Å². The SMILES string of the molecule is Cc1[nH]nc2nc(-c3cc4cc[nH]c4cc3F)c(C#N)c(-c3ccc(N4CCCCC4)cc3)c12. The second kappa shape index (κ2) is 7.99. The summed E-state index contributed by atoms with van der Waals surface area (Å²) in [6.45, 7) is 4.04. The van der Waals surface area contributed by atoms with E-state index in [1.165, 1.54) is 31.0 Å². The summed E-state index contributed by atoms with van der Waals surface area (Å²) in [7, 11) is 0. The average Bonchev–Trinajstić information content (AvgIpc) is 3.48. The first-order valence-electron chi connectivity index (χ1n) is 11.5. The molecule has 0 bridgehead atoms. The summed E-state index contributed by atoms with van der Waals surface area (Å²) < 4.78 is 15.2. The van der Waals surface area contributed by atoms with Crippen molar-refractivity contribution in [3.63, 3.8) is 0 Å². The van der Waals surface area contributed by atoms with Crippen molar-refractivity contribution in [2.24, 2.45) is 0 Å². The second-order valence-electron chi connectivity index (χ2n) is 8.86. The average molecular weight is 451 g/mol. The molecule has 2 aromatic carbocycles. The lowest BCUT2D eigenvalue weighted by Gasteiger charge is -2.29. The first-order valence-corrected chi connectivity index (χ1v) is 11.5. The normalized spacial score (nSPS) is 14.1.